The van der Waals surface area contributed by atoms with E-state index < -0.39 is 5.63 Å². The molecule has 2 rings (SSSR count). The average molecular weight is 201 g/mol. The number of aromatic hydroxyl groups is 1. The Labute approximate surface area is 85.0 Å². The minimum atomic E-state index is -0.533. The first-order valence-corrected chi connectivity index (χ1v) is 4.33. The highest BCUT2D eigenvalue weighted by Crippen LogP contribution is 2.19. The molecule has 4 heteroatoms. The molecule has 0 spiro atoms. The Kier molecular flexibility index (Phi) is 2.14. The molecule has 0 bridgehead atoms. The molecule has 0 saturated heterocycles. The van der Waals surface area contributed by atoms with Gasteiger partial charge in [0, 0.05) is 11.5 Å². The van der Waals surface area contributed by atoms with Crippen LogP contribution in [-0.2, 0) is 6.42 Å². The van der Waals surface area contributed by atoms with E-state index in [0.29, 0.717) is 16.5 Å². The van der Waals surface area contributed by atoms with Gasteiger partial charge in [0.05, 0.1) is 18.1 Å². The van der Waals surface area contributed by atoms with E-state index in [0.717, 1.165) is 0 Å². The fraction of sp³-hybridized carbons (Fsp3) is 0.0909. The van der Waals surface area contributed by atoms with E-state index in [-0.39, 0.29) is 12.2 Å². The second-order valence-corrected chi connectivity index (χ2v) is 3.12. The van der Waals surface area contributed by atoms with Crippen LogP contribution in [0.3, 0.4) is 0 Å². The number of nitrogens with zero attached hydrogens (tertiary/aromatic N) is 1. The van der Waals surface area contributed by atoms with Gasteiger partial charge >= 0.3 is 5.63 Å². The van der Waals surface area contributed by atoms with Crippen molar-refractivity contribution in [1.29, 1.82) is 5.26 Å². The highest BCUT2D eigenvalue weighted by molar-refractivity contribution is 5.78. The van der Waals surface area contributed by atoms with E-state index in [2.05, 4.69) is 0 Å². The summed E-state index contributed by atoms with van der Waals surface area (Å²) < 4.78 is 4.96. The summed E-state index contributed by atoms with van der Waals surface area (Å²) in [6.07, 6.45) is 0.0269. The summed E-state index contributed by atoms with van der Waals surface area (Å²) >= 11 is 0. The second-order valence-electron chi connectivity index (χ2n) is 3.12. The van der Waals surface area contributed by atoms with E-state index in [1.54, 1.807) is 12.1 Å². The highest BCUT2D eigenvalue weighted by atomic mass is 16.4. The standard InChI is InChI=1S/C11H7NO3/c12-4-3-8-5-7-1-2-9(13)6-10(7)15-11(8)14/h1-2,5-6,13H,3H2. The summed E-state index contributed by atoms with van der Waals surface area (Å²) in [6, 6.07) is 7.99. The van der Waals surface area contributed by atoms with E-state index >= 15 is 0 Å². The Morgan fingerprint density at radius 1 is 1.40 bits per heavy atom. The number of hydrogen-bond acceptors (Lipinski definition) is 4. The largest absolute Gasteiger partial charge is 0.508 e. The third-order valence-corrected chi connectivity index (χ3v) is 2.06. The van der Waals surface area contributed by atoms with Crippen LogP contribution in [0.25, 0.3) is 11.0 Å². The first-order chi connectivity index (χ1) is 7.20. The molecule has 0 amide bonds. The van der Waals surface area contributed by atoms with Gasteiger partial charge in [0.15, 0.2) is 0 Å². The minimum Gasteiger partial charge on any atom is -0.508 e. The van der Waals surface area contributed by atoms with Crippen molar-refractivity contribution in [3.63, 3.8) is 0 Å². The molecule has 15 heavy (non-hydrogen) atoms. The lowest BCUT2D eigenvalue weighted by atomic mass is 10.1. The van der Waals surface area contributed by atoms with Crippen LogP contribution in [0.5, 0.6) is 5.75 Å². The van der Waals surface area contributed by atoms with Gasteiger partial charge < -0.3 is 9.52 Å². The average Bonchev–Trinajstić information content (AvgIpc) is 2.20. The third kappa shape index (κ3) is 1.67. The first kappa shape index (κ1) is 9.28. The van der Waals surface area contributed by atoms with Gasteiger partial charge in [0.1, 0.15) is 11.3 Å². The molecule has 0 saturated carbocycles. The van der Waals surface area contributed by atoms with E-state index in [9.17, 15) is 9.90 Å². The van der Waals surface area contributed by atoms with Gasteiger partial charge in [-0.25, -0.2) is 4.79 Å². The first-order valence-electron chi connectivity index (χ1n) is 4.33. The van der Waals surface area contributed by atoms with Crippen LogP contribution in [0.1, 0.15) is 5.56 Å². The summed E-state index contributed by atoms with van der Waals surface area (Å²) in [5.74, 6) is 0.0404. The molecule has 0 atom stereocenters. The zero-order valence-corrected chi connectivity index (χ0v) is 7.73. The molecule has 2 aromatic rings. The van der Waals surface area contributed by atoms with E-state index in [1.165, 1.54) is 12.1 Å². The van der Waals surface area contributed by atoms with Gasteiger partial charge in [-0.05, 0) is 18.2 Å². The maximum absolute atomic E-state index is 11.3. The number of phenolic OH excluding ortho intramolecular Hbond substituents is 1. The fourth-order valence-corrected chi connectivity index (χ4v) is 1.35. The Morgan fingerprint density at radius 3 is 2.93 bits per heavy atom. The Hall–Kier alpha value is -2.28. The van der Waals surface area contributed by atoms with Gasteiger partial charge in [-0.1, -0.05) is 0 Å². The smallest absolute Gasteiger partial charge is 0.340 e. The molecule has 0 aliphatic heterocycles. The molecule has 0 aliphatic carbocycles. The molecule has 0 radical (unpaired) electrons. The number of hydrogen-bond donors (Lipinski definition) is 1. The zero-order valence-electron chi connectivity index (χ0n) is 7.73. The van der Waals surface area contributed by atoms with Gasteiger partial charge in [-0.3, -0.25) is 0 Å². The Balaban J connectivity index is 2.72. The van der Waals surface area contributed by atoms with Crippen LogP contribution in [0.15, 0.2) is 33.5 Å². The lowest BCUT2D eigenvalue weighted by Crippen LogP contribution is -2.05. The van der Waals surface area contributed by atoms with Crippen molar-refractivity contribution < 1.29 is 9.52 Å². The van der Waals surface area contributed by atoms with Crippen molar-refractivity contribution in [2.45, 2.75) is 6.42 Å². The molecule has 0 fully saturated rings. The van der Waals surface area contributed by atoms with Crippen molar-refractivity contribution in [3.05, 3.63) is 40.2 Å². The third-order valence-electron chi connectivity index (χ3n) is 2.06. The quantitative estimate of drug-likeness (QED) is 0.710. The second kappa shape index (κ2) is 3.46. The number of benzene rings is 1. The van der Waals surface area contributed by atoms with Gasteiger partial charge in [-0.2, -0.15) is 5.26 Å². The molecule has 1 heterocycles. The monoisotopic (exact) mass is 201 g/mol. The highest BCUT2D eigenvalue weighted by Gasteiger charge is 2.05. The van der Waals surface area contributed by atoms with Gasteiger partial charge in [0.25, 0.3) is 0 Å². The van der Waals surface area contributed by atoms with Gasteiger partial charge in [-0.15, -0.1) is 0 Å². The van der Waals surface area contributed by atoms with Crippen molar-refractivity contribution in [2.24, 2.45) is 0 Å². The number of phenols is 1. The van der Waals surface area contributed by atoms with Crippen molar-refractivity contribution in [3.8, 4) is 11.8 Å². The van der Waals surface area contributed by atoms with Crippen LogP contribution in [0.2, 0.25) is 0 Å². The Morgan fingerprint density at radius 2 is 2.20 bits per heavy atom. The zero-order chi connectivity index (χ0) is 10.8. The summed E-state index contributed by atoms with van der Waals surface area (Å²) in [5, 5.41) is 18.4. The topological polar surface area (TPSA) is 74.2 Å². The summed E-state index contributed by atoms with van der Waals surface area (Å²) in [5.41, 5.74) is 0.118. The summed E-state index contributed by atoms with van der Waals surface area (Å²) in [7, 11) is 0. The van der Waals surface area contributed by atoms with Gasteiger partial charge in [0.2, 0.25) is 0 Å². The molecule has 0 unspecified atom stereocenters. The lowest BCUT2D eigenvalue weighted by molar-refractivity contribution is 0.473. The molecule has 0 aliphatic rings. The Bertz CT molecular complexity index is 607. The summed E-state index contributed by atoms with van der Waals surface area (Å²) in [6.45, 7) is 0. The van der Waals surface area contributed by atoms with E-state index in [1.807, 2.05) is 6.07 Å². The molecule has 74 valence electrons. The summed E-state index contributed by atoms with van der Waals surface area (Å²) in [4.78, 5) is 11.3. The van der Waals surface area contributed by atoms with Crippen LogP contribution in [-0.4, -0.2) is 5.11 Å². The van der Waals surface area contributed by atoms with Crippen LogP contribution >= 0.6 is 0 Å². The fourth-order valence-electron chi connectivity index (χ4n) is 1.35. The van der Waals surface area contributed by atoms with Crippen LogP contribution in [0, 0.1) is 11.3 Å². The minimum absolute atomic E-state index is 0.0269. The number of fused-ring (bicyclic) bond motifs is 1. The SMILES string of the molecule is N#CCc1cc2ccc(O)cc2oc1=O. The predicted octanol–water partition coefficient (Wildman–Crippen LogP) is 1.56. The van der Waals surface area contributed by atoms with Crippen LogP contribution < -0.4 is 5.63 Å². The van der Waals surface area contributed by atoms with Crippen molar-refractivity contribution >= 4 is 11.0 Å². The molecule has 1 N–H and O–H groups in total. The molecular weight excluding hydrogens is 194 g/mol. The molecule has 1 aromatic heterocycles. The van der Waals surface area contributed by atoms with E-state index in [4.69, 9.17) is 9.68 Å². The van der Waals surface area contributed by atoms with Crippen molar-refractivity contribution in [2.75, 3.05) is 0 Å². The molecular formula is C11H7NO3. The maximum atomic E-state index is 11.3. The molecule has 4 nitrogen and oxygen atoms in total. The normalized spacial score (nSPS) is 10.1. The van der Waals surface area contributed by atoms with Crippen LogP contribution in [0.4, 0.5) is 0 Å². The predicted molar refractivity (Wildman–Crippen MR) is 53.5 cm³/mol. The maximum Gasteiger partial charge on any atom is 0.340 e. The van der Waals surface area contributed by atoms with Crippen molar-refractivity contribution in [1.82, 2.24) is 0 Å². The lowest BCUT2D eigenvalue weighted by Gasteiger charge is -1.99. The number of rotatable bonds is 1. The number of nitriles is 1. The molecule has 1 aromatic carbocycles.